The van der Waals surface area contributed by atoms with Crippen molar-refractivity contribution in [3.8, 4) is 16.9 Å². The lowest BCUT2D eigenvalue weighted by atomic mass is 9.95. The van der Waals surface area contributed by atoms with Gasteiger partial charge in [0.25, 0.3) is 0 Å². The van der Waals surface area contributed by atoms with Crippen LogP contribution in [0.5, 0.6) is 5.75 Å². The summed E-state index contributed by atoms with van der Waals surface area (Å²) in [6, 6.07) is 20.9. The molecule has 0 radical (unpaired) electrons. The molecule has 0 bridgehead atoms. The second-order valence-corrected chi connectivity index (χ2v) is 12.3. The van der Waals surface area contributed by atoms with Gasteiger partial charge in [-0.25, -0.2) is 0 Å². The molecule has 1 fully saturated rings. The number of hydrogen-bond donors (Lipinski definition) is 0. The first-order chi connectivity index (χ1) is 20.2. The van der Waals surface area contributed by atoms with Crippen LogP contribution in [0.2, 0.25) is 0 Å². The SMILES string of the molecule is Cc1cc(CN2CCCC[C@H]2C(=O)OC(C)(C)C)c(OCCCCF)cc1/C=C/c1cccc(-c2ccccc2)c1C. The van der Waals surface area contributed by atoms with E-state index >= 15 is 0 Å². The van der Waals surface area contributed by atoms with Crippen LogP contribution in [-0.4, -0.2) is 42.3 Å². The molecule has 1 aliphatic rings. The molecule has 4 rings (SSSR count). The number of piperidine rings is 1. The van der Waals surface area contributed by atoms with E-state index < -0.39 is 5.60 Å². The van der Waals surface area contributed by atoms with Crippen molar-refractivity contribution < 1.29 is 18.7 Å². The predicted octanol–water partition coefficient (Wildman–Crippen LogP) is 8.97. The summed E-state index contributed by atoms with van der Waals surface area (Å²) in [7, 11) is 0. The molecular formula is C37H46FNO3. The molecule has 3 aromatic rings. The third-order valence-corrected chi connectivity index (χ3v) is 7.80. The Balaban J connectivity index is 1.61. The molecular weight excluding hydrogens is 525 g/mol. The van der Waals surface area contributed by atoms with Crippen molar-refractivity contribution in [1.82, 2.24) is 4.90 Å². The van der Waals surface area contributed by atoms with Crippen molar-refractivity contribution >= 4 is 18.1 Å². The Bertz CT molecular complexity index is 1360. The smallest absolute Gasteiger partial charge is 0.323 e. The van der Waals surface area contributed by atoms with Crippen LogP contribution in [0, 0.1) is 13.8 Å². The van der Waals surface area contributed by atoms with Crippen molar-refractivity contribution in [3.05, 3.63) is 88.5 Å². The van der Waals surface area contributed by atoms with Crippen LogP contribution in [0.3, 0.4) is 0 Å². The van der Waals surface area contributed by atoms with Crippen LogP contribution in [0.4, 0.5) is 4.39 Å². The Morgan fingerprint density at radius 1 is 0.976 bits per heavy atom. The van der Waals surface area contributed by atoms with Crippen molar-refractivity contribution in [2.24, 2.45) is 0 Å². The summed E-state index contributed by atoms with van der Waals surface area (Å²) in [5, 5.41) is 0. The normalized spacial score (nSPS) is 16.1. The number of alkyl halides is 1. The van der Waals surface area contributed by atoms with Gasteiger partial charge in [0.15, 0.2) is 0 Å². The summed E-state index contributed by atoms with van der Waals surface area (Å²) in [6.07, 6.45) is 8.31. The minimum absolute atomic E-state index is 0.156. The van der Waals surface area contributed by atoms with E-state index in [9.17, 15) is 9.18 Å². The lowest BCUT2D eigenvalue weighted by Gasteiger charge is -2.36. The molecule has 0 amide bonds. The first-order valence-corrected chi connectivity index (χ1v) is 15.3. The zero-order valence-electron chi connectivity index (χ0n) is 25.9. The molecule has 42 heavy (non-hydrogen) atoms. The maximum absolute atomic E-state index is 13.1. The highest BCUT2D eigenvalue weighted by atomic mass is 19.1. The summed E-state index contributed by atoms with van der Waals surface area (Å²) in [5.41, 5.74) is 7.57. The van der Waals surface area contributed by atoms with Crippen LogP contribution < -0.4 is 4.74 Å². The third kappa shape index (κ3) is 8.54. The molecule has 0 spiro atoms. The Kier molecular flexibility index (Phi) is 11.0. The van der Waals surface area contributed by atoms with Crippen molar-refractivity contribution in [1.29, 1.82) is 0 Å². The molecule has 5 heteroatoms. The Hall–Kier alpha value is -3.44. The molecule has 1 saturated heterocycles. The van der Waals surface area contributed by atoms with Crippen LogP contribution in [0.25, 0.3) is 23.3 Å². The van der Waals surface area contributed by atoms with Crippen molar-refractivity contribution in [2.45, 2.75) is 84.9 Å². The molecule has 3 aromatic carbocycles. The van der Waals surface area contributed by atoms with Crippen molar-refractivity contribution in [2.75, 3.05) is 19.8 Å². The number of carbonyl (C=O) groups excluding carboxylic acids is 1. The van der Waals surface area contributed by atoms with E-state index in [1.165, 1.54) is 22.3 Å². The van der Waals surface area contributed by atoms with Gasteiger partial charge in [0.1, 0.15) is 17.4 Å². The highest BCUT2D eigenvalue weighted by Crippen LogP contribution is 2.31. The summed E-state index contributed by atoms with van der Waals surface area (Å²) >= 11 is 0. The second-order valence-electron chi connectivity index (χ2n) is 12.3. The van der Waals surface area contributed by atoms with Gasteiger partial charge >= 0.3 is 5.97 Å². The van der Waals surface area contributed by atoms with Gasteiger partial charge in [0.2, 0.25) is 0 Å². The lowest BCUT2D eigenvalue weighted by molar-refractivity contribution is -0.163. The zero-order chi connectivity index (χ0) is 30.1. The molecule has 1 atom stereocenters. The van der Waals surface area contributed by atoms with Gasteiger partial charge in [-0.05, 0) is 106 Å². The number of rotatable bonds is 11. The third-order valence-electron chi connectivity index (χ3n) is 7.80. The maximum Gasteiger partial charge on any atom is 0.323 e. The van der Waals surface area contributed by atoms with Crippen LogP contribution in [-0.2, 0) is 16.1 Å². The summed E-state index contributed by atoms with van der Waals surface area (Å²) in [4.78, 5) is 15.3. The van der Waals surface area contributed by atoms with Gasteiger partial charge in [-0.2, -0.15) is 0 Å². The lowest BCUT2D eigenvalue weighted by Crippen LogP contribution is -2.46. The number of likely N-dealkylation sites (tertiary alicyclic amines) is 1. The first kappa shape index (κ1) is 31.5. The van der Waals surface area contributed by atoms with E-state index in [-0.39, 0.29) is 18.7 Å². The number of halogens is 1. The van der Waals surface area contributed by atoms with Gasteiger partial charge < -0.3 is 9.47 Å². The van der Waals surface area contributed by atoms with Gasteiger partial charge in [-0.15, -0.1) is 0 Å². The van der Waals surface area contributed by atoms with E-state index in [4.69, 9.17) is 9.47 Å². The first-order valence-electron chi connectivity index (χ1n) is 15.3. The molecule has 224 valence electrons. The van der Waals surface area contributed by atoms with E-state index in [2.05, 4.69) is 85.5 Å². The van der Waals surface area contributed by atoms with Crippen LogP contribution >= 0.6 is 0 Å². The summed E-state index contributed by atoms with van der Waals surface area (Å²) in [5.74, 6) is 0.638. The fraction of sp³-hybridized carbons (Fsp3) is 0.432. The molecule has 4 nitrogen and oxygen atoms in total. The maximum atomic E-state index is 13.1. The predicted molar refractivity (Wildman–Crippen MR) is 171 cm³/mol. The van der Waals surface area contributed by atoms with E-state index in [0.717, 1.165) is 48.2 Å². The quantitative estimate of drug-likeness (QED) is 0.131. The number of carbonyl (C=O) groups is 1. The molecule has 1 aliphatic heterocycles. The monoisotopic (exact) mass is 571 g/mol. The topological polar surface area (TPSA) is 38.8 Å². The Labute approximate surface area is 251 Å². The molecule has 1 heterocycles. The molecule has 0 N–H and O–H groups in total. The van der Waals surface area contributed by atoms with Gasteiger partial charge in [0.05, 0.1) is 13.3 Å². The van der Waals surface area contributed by atoms with E-state index in [0.29, 0.717) is 26.0 Å². The van der Waals surface area contributed by atoms with Gasteiger partial charge in [-0.3, -0.25) is 14.1 Å². The standard InChI is InChI=1S/C37H46FNO3/c1-27-24-32(26-39-22-11-9-18-34(39)36(40)42-37(3,4)5)35(41-23-12-10-21-38)25-31(27)20-19-29-16-13-17-33(28(29)2)30-14-7-6-8-15-30/h6-8,13-17,19-20,24-25,34H,9-12,18,21-23,26H2,1-5H3/b20-19+/t34-/m0/s1. The highest BCUT2D eigenvalue weighted by Gasteiger charge is 2.33. The Morgan fingerprint density at radius 3 is 2.48 bits per heavy atom. The minimum Gasteiger partial charge on any atom is -0.493 e. The number of esters is 1. The van der Waals surface area contributed by atoms with Crippen LogP contribution in [0.1, 0.15) is 80.7 Å². The number of nitrogens with zero attached hydrogens (tertiary/aromatic N) is 1. The van der Waals surface area contributed by atoms with E-state index in [1.807, 2.05) is 26.8 Å². The van der Waals surface area contributed by atoms with Crippen molar-refractivity contribution in [3.63, 3.8) is 0 Å². The molecule has 0 aliphatic carbocycles. The van der Waals surface area contributed by atoms with Gasteiger partial charge in [0, 0.05) is 12.1 Å². The fourth-order valence-corrected chi connectivity index (χ4v) is 5.56. The molecule has 0 unspecified atom stereocenters. The van der Waals surface area contributed by atoms with Crippen LogP contribution in [0.15, 0.2) is 60.7 Å². The average Bonchev–Trinajstić information content (AvgIpc) is 2.96. The Morgan fingerprint density at radius 2 is 1.74 bits per heavy atom. The molecule has 0 saturated carbocycles. The highest BCUT2D eigenvalue weighted by molar-refractivity contribution is 5.78. The molecule has 0 aromatic heterocycles. The number of unbranched alkanes of at least 4 members (excludes halogenated alkanes) is 1. The summed E-state index contributed by atoms with van der Waals surface area (Å²) in [6.45, 7) is 11.6. The zero-order valence-corrected chi connectivity index (χ0v) is 25.9. The number of benzene rings is 3. The minimum atomic E-state index is -0.519. The fourth-order valence-electron chi connectivity index (χ4n) is 5.56. The number of hydrogen-bond acceptors (Lipinski definition) is 4. The van der Waals surface area contributed by atoms with Gasteiger partial charge in [-0.1, -0.05) is 73.2 Å². The number of ether oxygens (including phenoxy) is 2. The largest absolute Gasteiger partial charge is 0.493 e. The second kappa shape index (κ2) is 14.6. The summed E-state index contributed by atoms with van der Waals surface area (Å²) < 4.78 is 24.8. The average molecular weight is 572 g/mol. The number of aryl methyl sites for hydroxylation is 1. The van der Waals surface area contributed by atoms with E-state index in [1.54, 1.807) is 0 Å².